The third-order valence-corrected chi connectivity index (χ3v) is 4.78. The van der Waals surface area contributed by atoms with E-state index in [9.17, 15) is 18.0 Å². The zero-order chi connectivity index (χ0) is 20.0. The Bertz CT molecular complexity index is 942. The van der Waals surface area contributed by atoms with Crippen LogP contribution in [0, 0.1) is 0 Å². The third kappa shape index (κ3) is 5.20. The molecule has 0 bridgehead atoms. The predicted octanol–water partition coefficient (Wildman–Crippen LogP) is 1.89. The number of sulfonamides is 1. The molecule has 0 atom stereocenters. The summed E-state index contributed by atoms with van der Waals surface area (Å²) in [5.74, 6) is -0.768. The van der Waals surface area contributed by atoms with E-state index >= 15 is 0 Å². The molecule has 0 aliphatic carbocycles. The highest BCUT2D eigenvalue weighted by molar-refractivity contribution is 7.92. The molecule has 0 aromatic heterocycles. The summed E-state index contributed by atoms with van der Waals surface area (Å²) in [5.41, 5.74) is 0.683. The van der Waals surface area contributed by atoms with Crippen molar-refractivity contribution in [2.45, 2.75) is 0 Å². The average Bonchev–Trinajstić information content (AvgIpc) is 2.65. The minimum absolute atomic E-state index is 0.167. The number of benzene rings is 2. The molecule has 0 spiro atoms. The number of anilines is 2. The van der Waals surface area contributed by atoms with Gasteiger partial charge in [0.1, 0.15) is 12.3 Å². The Morgan fingerprint density at radius 2 is 1.78 bits per heavy atom. The van der Waals surface area contributed by atoms with Gasteiger partial charge in [0.2, 0.25) is 15.9 Å². The van der Waals surface area contributed by atoms with E-state index in [-0.39, 0.29) is 16.9 Å². The largest absolute Gasteiger partial charge is 0.497 e. The summed E-state index contributed by atoms with van der Waals surface area (Å²) >= 11 is 0. The van der Waals surface area contributed by atoms with E-state index in [1.54, 1.807) is 30.3 Å². The lowest BCUT2D eigenvalue weighted by Crippen LogP contribution is -2.37. The minimum atomic E-state index is -3.74. The zero-order valence-electron chi connectivity index (χ0n) is 15.1. The second-order valence-electron chi connectivity index (χ2n) is 5.56. The molecule has 2 rings (SSSR count). The Morgan fingerprint density at radius 1 is 1.07 bits per heavy atom. The standard InChI is InChI=1S/C18H20N2O6S/c1-25-14-8-6-7-13(11-14)20(27(3,23)24)12-17(21)19-16-10-5-4-9-15(16)18(22)26-2/h4-11H,12H2,1-3H3,(H,19,21). The summed E-state index contributed by atoms with van der Waals surface area (Å²) in [6.45, 7) is -0.471. The SMILES string of the molecule is COC(=O)c1ccccc1NC(=O)CN(c1cccc(OC)c1)S(C)(=O)=O. The second kappa shape index (κ2) is 8.54. The average molecular weight is 392 g/mol. The summed E-state index contributed by atoms with van der Waals surface area (Å²) in [7, 11) is -1.05. The molecule has 0 saturated carbocycles. The van der Waals surface area contributed by atoms with Crippen LogP contribution in [0.25, 0.3) is 0 Å². The Hall–Kier alpha value is -3.07. The number of amides is 1. The molecule has 2 aromatic carbocycles. The minimum Gasteiger partial charge on any atom is -0.497 e. The monoisotopic (exact) mass is 392 g/mol. The number of nitrogens with zero attached hydrogens (tertiary/aromatic N) is 1. The lowest BCUT2D eigenvalue weighted by molar-refractivity contribution is -0.114. The molecule has 0 saturated heterocycles. The number of rotatable bonds is 7. The molecule has 0 aliphatic rings. The normalized spacial score (nSPS) is 10.8. The van der Waals surface area contributed by atoms with E-state index in [0.29, 0.717) is 5.75 Å². The van der Waals surface area contributed by atoms with Gasteiger partial charge in [-0.25, -0.2) is 13.2 Å². The summed E-state index contributed by atoms with van der Waals surface area (Å²) in [4.78, 5) is 24.3. The number of ether oxygens (including phenoxy) is 2. The van der Waals surface area contributed by atoms with Gasteiger partial charge in [0.25, 0.3) is 0 Å². The van der Waals surface area contributed by atoms with Gasteiger partial charge in [-0.2, -0.15) is 0 Å². The van der Waals surface area contributed by atoms with Gasteiger partial charge in [-0.1, -0.05) is 18.2 Å². The third-order valence-electron chi connectivity index (χ3n) is 3.64. The maximum atomic E-state index is 12.5. The first kappa shape index (κ1) is 20.2. The molecule has 1 N–H and O–H groups in total. The number of esters is 1. The van der Waals surface area contributed by atoms with E-state index in [1.807, 2.05) is 0 Å². The predicted molar refractivity (Wildman–Crippen MR) is 102 cm³/mol. The van der Waals surface area contributed by atoms with Gasteiger partial charge in [-0.3, -0.25) is 9.10 Å². The smallest absolute Gasteiger partial charge is 0.339 e. The van der Waals surface area contributed by atoms with Crippen molar-refractivity contribution in [2.75, 3.05) is 36.6 Å². The molecular weight excluding hydrogens is 372 g/mol. The van der Waals surface area contributed by atoms with Gasteiger partial charge < -0.3 is 14.8 Å². The van der Waals surface area contributed by atoms with Crippen molar-refractivity contribution in [3.63, 3.8) is 0 Å². The summed E-state index contributed by atoms with van der Waals surface area (Å²) in [6, 6.07) is 12.6. The Morgan fingerprint density at radius 3 is 2.41 bits per heavy atom. The van der Waals surface area contributed by atoms with Gasteiger partial charge in [0, 0.05) is 6.07 Å². The fraction of sp³-hybridized carbons (Fsp3) is 0.222. The fourth-order valence-electron chi connectivity index (χ4n) is 2.37. The highest BCUT2D eigenvalue weighted by Gasteiger charge is 2.22. The van der Waals surface area contributed by atoms with Gasteiger partial charge >= 0.3 is 5.97 Å². The Balaban J connectivity index is 2.27. The molecule has 0 unspecified atom stereocenters. The molecular formula is C18H20N2O6S. The summed E-state index contributed by atoms with van der Waals surface area (Å²) < 4.78 is 35.1. The van der Waals surface area contributed by atoms with E-state index in [1.165, 1.54) is 32.4 Å². The maximum Gasteiger partial charge on any atom is 0.339 e. The van der Waals surface area contributed by atoms with Crippen LogP contribution in [0.1, 0.15) is 10.4 Å². The summed E-state index contributed by atoms with van der Waals surface area (Å²) in [6.07, 6.45) is 1.00. The fourth-order valence-corrected chi connectivity index (χ4v) is 3.21. The number of carbonyl (C=O) groups is 2. The van der Waals surface area contributed by atoms with E-state index in [2.05, 4.69) is 10.1 Å². The van der Waals surface area contributed by atoms with Crippen molar-refractivity contribution in [3.8, 4) is 5.75 Å². The van der Waals surface area contributed by atoms with Crippen LogP contribution in [0.15, 0.2) is 48.5 Å². The van der Waals surface area contributed by atoms with Gasteiger partial charge in [0.05, 0.1) is 37.4 Å². The van der Waals surface area contributed by atoms with Crippen LogP contribution < -0.4 is 14.4 Å². The topological polar surface area (TPSA) is 102 Å². The molecule has 0 heterocycles. The number of nitrogens with one attached hydrogen (secondary N) is 1. The Labute approximate surface area is 157 Å². The molecule has 0 radical (unpaired) electrons. The molecule has 8 nitrogen and oxygen atoms in total. The van der Waals surface area contributed by atoms with Crippen LogP contribution in [0.5, 0.6) is 5.75 Å². The summed E-state index contributed by atoms with van der Waals surface area (Å²) in [5, 5.41) is 2.55. The van der Waals surface area contributed by atoms with E-state index < -0.39 is 28.4 Å². The van der Waals surface area contributed by atoms with Crippen molar-refractivity contribution in [3.05, 3.63) is 54.1 Å². The van der Waals surface area contributed by atoms with E-state index in [4.69, 9.17) is 4.74 Å². The number of hydrogen-bond donors (Lipinski definition) is 1. The first-order valence-electron chi connectivity index (χ1n) is 7.85. The quantitative estimate of drug-likeness (QED) is 0.722. The number of methoxy groups -OCH3 is 2. The van der Waals surface area contributed by atoms with Crippen molar-refractivity contribution in [2.24, 2.45) is 0 Å². The number of carbonyl (C=O) groups excluding carboxylic acids is 2. The molecule has 2 aromatic rings. The lowest BCUT2D eigenvalue weighted by atomic mass is 10.2. The van der Waals surface area contributed by atoms with Gasteiger partial charge in [-0.05, 0) is 24.3 Å². The van der Waals surface area contributed by atoms with Crippen molar-refractivity contribution in [1.82, 2.24) is 0 Å². The number of para-hydroxylation sites is 1. The molecule has 144 valence electrons. The Kier molecular flexibility index (Phi) is 6.40. The van der Waals surface area contributed by atoms with Crippen LogP contribution in [-0.2, 0) is 19.6 Å². The lowest BCUT2D eigenvalue weighted by Gasteiger charge is -2.22. The van der Waals surface area contributed by atoms with Crippen molar-refractivity contribution >= 4 is 33.3 Å². The van der Waals surface area contributed by atoms with Crippen LogP contribution in [-0.4, -0.2) is 47.3 Å². The maximum absolute atomic E-state index is 12.5. The van der Waals surface area contributed by atoms with Crippen LogP contribution in [0.2, 0.25) is 0 Å². The first-order valence-corrected chi connectivity index (χ1v) is 9.70. The molecule has 1 amide bonds. The van der Waals surface area contributed by atoms with Crippen molar-refractivity contribution < 1.29 is 27.5 Å². The molecule has 27 heavy (non-hydrogen) atoms. The van der Waals surface area contributed by atoms with Crippen molar-refractivity contribution in [1.29, 1.82) is 0 Å². The highest BCUT2D eigenvalue weighted by atomic mass is 32.2. The second-order valence-corrected chi connectivity index (χ2v) is 7.46. The number of hydrogen-bond acceptors (Lipinski definition) is 6. The van der Waals surface area contributed by atoms with E-state index in [0.717, 1.165) is 10.6 Å². The zero-order valence-corrected chi connectivity index (χ0v) is 15.9. The van der Waals surface area contributed by atoms with Gasteiger partial charge in [-0.15, -0.1) is 0 Å². The molecule has 0 fully saturated rings. The highest BCUT2D eigenvalue weighted by Crippen LogP contribution is 2.23. The van der Waals surface area contributed by atoms with Gasteiger partial charge in [0.15, 0.2) is 0 Å². The van der Waals surface area contributed by atoms with Crippen LogP contribution >= 0.6 is 0 Å². The van der Waals surface area contributed by atoms with Crippen LogP contribution in [0.3, 0.4) is 0 Å². The molecule has 0 aliphatic heterocycles. The first-order chi connectivity index (χ1) is 12.8. The molecule has 9 heteroatoms. The van der Waals surface area contributed by atoms with Crippen LogP contribution in [0.4, 0.5) is 11.4 Å².